The summed E-state index contributed by atoms with van der Waals surface area (Å²) in [4.78, 5) is 34.0. The zero-order valence-electron chi connectivity index (χ0n) is 15.9. The largest absolute Gasteiger partial charge is 0.466 e. The summed E-state index contributed by atoms with van der Waals surface area (Å²) >= 11 is 0. The van der Waals surface area contributed by atoms with Gasteiger partial charge in [0.25, 0.3) is 0 Å². The molecule has 0 saturated carbocycles. The quantitative estimate of drug-likeness (QED) is 0.803. The van der Waals surface area contributed by atoms with Crippen molar-refractivity contribution < 1.29 is 19.1 Å². The predicted octanol–water partition coefficient (Wildman–Crippen LogP) is 2.99. The summed E-state index contributed by atoms with van der Waals surface area (Å²) in [6, 6.07) is 0. The highest BCUT2D eigenvalue weighted by molar-refractivity contribution is 5.83. The van der Waals surface area contributed by atoms with Gasteiger partial charge in [-0.3, -0.25) is 10.1 Å². The van der Waals surface area contributed by atoms with Crippen LogP contribution in [0.4, 0.5) is 16.4 Å². The molecule has 0 unspecified atom stereocenters. The van der Waals surface area contributed by atoms with Gasteiger partial charge in [-0.15, -0.1) is 0 Å². The molecule has 8 nitrogen and oxygen atoms in total. The number of carbonyl (C=O) groups is 2. The Balaban J connectivity index is 1.82. The van der Waals surface area contributed by atoms with E-state index in [9.17, 15) is 9.59 Å². The second kappa shape index (κ2) is 8.82. The highest BCUT2D eigenvalue weighted by Crippen LogP contribution is 2.24. The second-order valence-corrected chi connectivity index (χ2v) is 7.33. The summed E-state index contributed by atoms with van der Waals surface area (Å²) in [6.07, 6.45) is 4.91. The highest BCUT2D eigenvalue weighted by Gasteiger charge is 2.23. The lowest BCUT2D eigenvalue weighted by atomic mass is 9.94. The first kappa shape index (κ1) is 19.9. The fourth-order valence-corrected chi connectivity index (χ4v) is 2.78. The lowest BCUT2D eigenvalue weighted by Crippen LogP contribution is -2.35. The molecule has 1 fully saturated rings. The molecule has 0 aliphatic carbocycles. The Labute approximate surface area is 154 Å². The molecule has 144 valence electrons. The first-order chi connectivity index (χ1) is 12.3. The maximum Gasteiger partial charge on any atom is 0.413 e. The van der Waals surface area contributed by atoms with E-state index in [0.29, 0.717) is 24.8 Å². The first-order valence-electron chi connectivity index (χ1n) is 8.99. The lowest BCUT2D eigenvalue weighted by Gasteiger charge is -2.32. The molecule has 2 heterocycles. The standard InChI is InChI=1S/C18H28N4O4/c1-5-25-16(23)10-13-6-8-22(9-7-13)15-12-19-14(11-20-15)21-17(24)26-18(2,3)4/h11-13H,5-10H2,1-4H3,(H,19,21,24). The molecule has 2 rings (SSSR count). The van der Waals surface area contributed by atoms with Crippen LogP contribution in [0.5, 0.6) is 0 Å². The molecule has 1 aliphatic rings. The Morgan fingerprint density at radius 3 is 2.46 bits per heavy atom. The van der Waals surface area contributed by atoms with Gasteiger partial charge in [0.2, 0.25) is 0 Å². The van der Waals surface area contributed by atoms with Crippen molar-refractivity contribution in [3.05, 3.63) is 12.4 Å². The number of esters is 1. The van der Waals surface area contributed by atoms with Crippen LogP contribution < -0.4 is 10.2 Å². The van der Waals surface area contributed by atoms with Gasteiger partial charge in [-0.1, -0.05) is 0 Å². The summed E-state index contributed by atoms with van der Waals surface area (Å²) in [6.45, 7) is 9.28. The first-order valence-corrected chi connectivity index (χ1v) is 8.99. The normalized spacial score (nSPS) is 15.5. The third-order valence-electron chi connectivity index (χ3n) is 3.97. The molecule has 1 aliphatic heterocycles. The molecular weight excluding hydrogens is 336 g/mol. The van der Waals surface area contributed by atoms with Crippen molar-refractivity contribution in [1.29, 1.82) is 0 Å². The molecule has 8 heteroatoms. The zero-order valence-corrected chi connectivity index (χ0v) is 15.9. The number of amides is 1. The lowest BCUT2D eigenvalue weighted by molar-refractivity contribution is -0.144. The van der Waals surface area contributed by atoms with Gasteiger partial charge >= 0.3 is 12.1 Å². The average molecular weight is 364 g/mol. The predicted molar refractivity (Wildman–Crippen MR) is 98.1 cm³/mol. The van der Waals surface area contributed by atoms with Gasteiger partial charge in [-0.2, -0.15) is 0 Å². The number of hydrogen-bond acceptors (Lipinski definition) is 7. The van der Waals surface area contributed by atoms with Crippen LogP contribution in [0.15, 0.2) is 12.4 Å². The summed E-state index contributed by atoms with van der Waals surface area (Å²) in [7, 11) is 0. The molecule has 1 saturated heterocycles. The van der Waals surface area contributed by atoms with Crippen molar-refractivity contribution >= 4 is 23.7 Å². The number of aromatic nitrogens is 2. The summed E-state index contributed by atoms with van der Waals surface area (Å²) in [5.74, 6) is 1.34. The van der Waals surface area contributed by atoms with E-state index < -0.39 is 11.7 Å². The highest BCUT2D eigenvalue weighted by atomic mass is 16.6. The third kappa shape index (κ3) is 6.50. The number of carbonyl (C=O) groups excluding carboxylic acids is 2. The van der Waals surface area contributed by atoms with Crippen LogP contribution in [0.1, 0.15) is 47.0 Å². The molecule has 0 atom stereocenters. The SMILES string of the molecule is CCOC(=O)CC1CCN(c2cnc(NC(=O)OC(C)(C)C)cn2)CC1. The Morgan fingerprint density at radius 2 is 1.92 bits per heavy atom. The smallest absolute Gasteiger partial charge is 0.413 e. The number of rotatable bonds is 5. The van der Waals surface area contributed by atoms with Crippen LogP contribution in [-0.4, -0.2) is 47.3 Å². The maximum absolute atomic E-state index is 11.7. The molecule has 1 N–H and O–H groups in total. The summed E-state index contributed by atoms with van der Waals surface area (Å²) in [5, 5.41) is 2.56. The van der Waals surface area contributed by atoms with Gasteiger partial charge in [0, 0.05) is 19.5 Å². The van der Waals surface area contributed by atoms with Crippen molar-refractivity contribution in [3.63, 3.8) is 0 Å². The van der Waals surface area contributed by atoms with E-state index in [0.717, 1.165) is 31.7 Å². The van der Waals surface area contributed by atoms with E-state index in [1.807, 2.05) is 6.92 Å². The van der Waals surface area contributed by atoms with Gasteiger partial charge in [0.1, 0.15) is 11.4 Å². The topological polar surface area (TPSA) is 93.7 Å². The second-order valence-electron chi connectivity index (χ2n) is 7.33. The van der Waals surface area contributed by atoms with E-state index in [1.54, 1.807) is 27.0 Å². The van der Waals surface area contributed by atoms with Crippen LogP contribution in [0.25, 0.3) is 0 Å². The fraction of sp³-hybridized carbons (Fsp3) is 0.667. The number of nitrogens with one attached hydrogen (secondary N) is 1. The zero-order chi connectivity index (χ0) is 19.2. The molecular formula is C18H28N4O4. The van der Waals surface area contributed by atoms with E-state index in [2.05, 4.69) is 20.2 Å². The van der Waals surface area contributed by atoms with Crippen LogP contribution in [-0.2, 0) is 14.3 Å². The van der Waals surface area contributed by atoms with Gasteiger partial charge < -0.3 is 14.4 Å². The van der Waals surface area contributed by atoms with Crippen LogP contribution in [0, 0.1) is 5.92 Å². The van der Waals surface area contributed by atoms with Crippen LogP contribution in [0.2, 0.25) is 0 Å². The number of anilines is 2. The van der Waals surface area contributed by atoms with E-state index in [4.69, 9.17) is 9.47 Å². The fourth-order valence-electron chi connectivity index (χ4n) is 2.78. The minimum absolute atomic E-state index is 0.122. The number of nitrogens with zero attached hydrogens (tertiary/aromatic N) is 3. The molecule has 1 aromatic heterocycles. The van der Waals surface area contributed by atoms with Crippen molar-refractivity contribution in [2.24, 2.45) is 5.92 Å². The van der Waals surface area contributed by atoms with E-state index in [1.165, 1.54) is 6.20 Å². The van der Waals surface area contributed by atoms with Gasteiger partial charge in [0.15, 0.2) is 5.82 Å². The third-order valence-corrected chi connectivity index (χ3v) is 3.97. The van der Waals surface area contributed by atoms with Gasteiger partial charge in [-0.05, 0) is 46.5 Å². The van der Waals surface area contributed by atoms with Crippen molar-refractivity contribution in [2.45, 2.75) is 52.6 Å². The Morgan fingerprint density at radius 1 is 1.23 bits per heavy atom. The minimum atomic E-state index is -0.564. The molecule has 0 aromatic carbocycles. The van der Waals surface area contributed by atoms with Crippen LogP contribution in [0.3, 0.4) is 0 Å². The summed E-state index contributed by atoms with van der Waals surface area (Å²) in [5.41, 5.74) is -0.564. The van der Waals surface area contributed by atoms with E-state index >= 15 is 0 Å². The molecule has 26 heavy (non-hydrogen) atoms. The Hall–Kier alpha value is -2.38. The Kier molecular flexibility index (Phi) is 6.76. The molecule has 1 amide bonds. The number of ether oxygens (including phenoxy) is 2. The van der Waals surface area contributed by atoms with E-state index in [-0.39, 0.29) is 5.97 Å². The molecule has 0 radical (unpaired) electrons. The maximum atomic E-state index is 11.7. The van der Waals surface area contributed by atoms with Crippen molar-refractivity contribution in [3.8, 4) is 0 Å². The Bertz CT molecular complexity index is 605. The number of piperidine rings is 1. The average Bonchev–Trinajstić information content (AvgIpc) is 2.55. The molecule has 0 spiro atoms. The van der Waals surface area contributed by atoms with Gasteiger partial charge in [0.05, 0.1) is 19.0 Å². The molecule has 1 aromatic rings. The number of hydrogen-bond donors (Lipinski definition) is 1. The van der Waals surface area contributed by atoms with Crippen molar-refractivity contribution in [2.75, 3.05) is 29.9 Å². The van der Waals surface area contributed by atoms with Crippen molar-refractivity contribution in [1.82, 2.24) is 9.97 Å². The summed E-state index contributed by atoms with van der Waals surface area (Å²) < 4.78 is 10.2. The monoisotopic (exact) mass is 364 g/mol. The van der Waals surface area contributed by atoms with Crippen LogP contribution >= 0.6 is 0 Å². The van der Waals surface area contributed by atoms with Gasteiger partial charge in [-0.25, -0.2) is 14.8 Å². The molecule has 0 bridgehead atoms. The minimum Gasteiger partial charge on any atom is -0.466 e.